The van der Waals surface area contributed by atoms with Crippen LogP contribution in [0.25, 0.3) is 10.6 Å². The van der Waals surface area contributed by atoms with Crippen LogP contribution in [-0.4, -0.2) is 34.0 Å². The van der Waals surface area contributed by atoms with Crippen LogP contribution in [0.1, 0.15) is 18.5 Å². The van der Waals surface area contributed by atoms with E-state index in [9.17, 15) is 9.90 Å². The minimum absolute atomic E-state index is 0.00967. The van der Waals surface area contributed by atoms with Gasteiger partial charge in [0, 0.05) is 28.8 Å². The van der Waals surface area contributed by atoms with E-state index in [1.54, 1.807) is 46.9 Å². The standard InChI is InChI=1S/C20H21N3O2S2/c24-18-4-2-1-3-17(18)22-19(25)14-5-8-23(9-6-14)11-16-13-27-20(21-16)15-7-10-26-12-15/h1-4,7,10,12-14,24H,5-6,8-9,11H2,(H,22,25). The lowest BCUT2D eigenvalue weighted by molar-refractivity contribution is -0.121. The number of benzene rings is 1. The number of rotatable bonds is 5. The summed E-state index contributed by atoms with van der Waals surface area (Å²) in [5.74, 6) is 0.0791. The number of amides is 1. The molecule has 0 spiro atoms. The highest BCUT2D eigenvalue weighted by molar-refractivity contribution is 7.14. The molecule has 4 rings (SSSR count). The van der Waals surface area contributed by atoms with E-state index >= 15 is 0 Å². The Labute approximate surface area is 166 Å². The van der Waals surface area contributed by atoms with Gasteiger partial charge in [0.05, 0.1) is 11.4 Å². The van der Waals surface area contributed by atoms with Crippen LogP contribution >= 0.6 is 22.7 Å². The van der Waals surface area contributed by atoms with Crippen LogP contribution in [0.4, 0.5) is 5.69 Å². The lowest BCUT2D eigenvalue weighted by Crippen LogP contribution is -2.37. The van der Waals surface area contributed by atoms with Crippen molar-refractivity contribution in [1.29, 1.82) is 0 Å². The lowest BCUT2D eigenvalue weighted by atomic mass is 9.95. The van der Waals surface area contributed by atoms with Gasteiger partial charge in [-0.1, -0.05) is 12.1 Å². The van der Waals surface area contributed by atoms with E-state index in [1.165, 1.54) is 5.56 Å². The van der Waals surface area contributed by atoms with Crippen LogP contribution in [0.2, 0.25) is 0 Å². The first-order valence-electron chi connectivity index (χ1n) is 8.97. The summed E-state index contributed by atoms with van der Waals surface area (Å²) in [6.45, 7) is 2.59. The summed E-state index contributed by atoms with van der Waals surface area (Å²) in [5, 5.41) is 20.0. The maximum atomic E-state index is 12.5. The highest BCUT2D eigenvalue weighted by Gasteiger charge is 2.25. The molecule has 0 saturated carbocycles. The molecule has 1 amide bonds. The highest BCUT2D eigenvalue weighted by atomic mass is 32.1. The summed E-state index contributed by atoms with van der Waals surface area (Å²) in [6.07, 6.45) is 1.64. The fourth-order valence-electron chi connectivity index (χ4n) is 3.29. The fourth-order valence-corrected chi connectivity index (χ4v) is 4.82. The Bertz CT molecular complexity index is 900. The first-order chi connectivity index (χ1) is 13.2. The summed E-state index contributed by atoms with van der Waals surface area (Å²) in [4.78, 5) is 19.6. The number of nitrogens with zero attached hydrogens (tertiary/aromatic N) is 2. The number of anilines is 1. The number of aromatic nitrogens is 1. The molecule has 0 bridgehead atoms. The Morgan fingerprint density at radius 1 is 1.22 bits per heavy atom. The number of hydrogen-bond donors (Lipinski definition) is 2. The Balaban J connectivity index is 1.29. The molecule has 1 fully saturated rings. The molecule has 3 heterocycles. The second kappa shape index (κ2) is 8.21. The first kappa shape index (κ1) is 18.2. The number of thiophene rings is 1. The van der Waals surface area contributed by atoms with Gasteiger partial charge in [0.15, 0.2) is 0 Å². The molecule has 1 aliphatic heterocycles. The molecule has 3 aromatic rings. The minimum Gasteiger partial charge on any atom is -0.506 e. The van der Waals surface area contributed by atoms with E-state index < -0.39 is 0 Å². The zero-order chi connectivity index (χ0) is 18.6. The van der Waals surface area contributed by atoms with E-state index in [2.05, 4.69) is 32.4 Å². The van der Waals surface area contributed by atoms with Crippen LogP contribution in [0.15, 0.2) is 46.5 Å². The first-order valence-corrected chi connectivity index (χ1v) is 10.8. The number of para-hydroxylation sites is 2. The molecule has 140 valence electrons. The molecule has 2 aromatic heterocycles. The van der Waals surface area contributed by atoms with Gasteiger partial charge in [-0.3, -0.25) is 9.69 Å². The van der Waals surface area contributed by atoms with E-state index in [0.29, 0.717) is 5.69 Å². The average Bonchev–Trinajstić information content (AvgIpc) is 3.36. The number of likely N-dealkylation sites (tertiary alicyclic amines) is 1. The smallest absolute Gasteiger partial charge is 0.227 e. The van der Waals surface area contributed by atoms with Gasteiger partial charge in [-0.25, -0.2) is 4.98 Å². The highest BCUT2D eigenvalue weighted by Crippen LogP contribution is 2.28. The Morgan fingerprint density at radius 3 is 2.78 bits per heavy atom. The second-order valence-corrected chi connectivity index (χ2v) is 8.35. The lowest BCUT2D eigenvalue weighted by Gasteiger charge is -2.30. The van der Waals surface area contributed by atoms with Crippen LogP contribution < -0.4 is 5.32 Å². The molecule has 5 nitrogen and oxygen atoms in total. The zero-order valence-corrected chi connectivity index (χ0v) is 16.4. The van der Waals surface area contributed by atoms with E-state index in [1.807, 2.05) is 0 Å². The molecule has 0 radical (unpaired) electrons. The molecular formula is C20H21N3O2S2. The molecule has 27 heavy (non-hydrogen) atoms. The summed E-state index contributed by atoms with van der Waals surface area (Å²) < 4.78 is 0. The topological polar surface area (TPSA) is 65.5 Å². The normalized spacial score (nSPS) is 15.7. The van der Waals surface area contributed by atoms with Gasteiger partial charge in [-0.05, 0) is 49.5 Å². The number of aromatic hydroxyl groups is 1. The number of piperidine rings is 1. The molecule has 0 unspecified atom stereocenters. The largest absolute Gasteiger partial charge is 0.506 e. The molecule has 2 N–H and O–H groups in total. The number of carbonyl (C=O) groups excluding carboxylic acids is 1. The van der Waals surface area contributed by atoms with Crippen molar-refractivity contribution in [1.82, 2.24) is 9.88 Å². The van der Waals surface area contributed by atoms with Crippen molar-refractivity contribution >= 4 is 34.3 Å². The molecule has 1 aliphatic rings. The van der Waals surface area contributed by atoms with Crippen molar-refractivity contribution in [3.05, 3.63) is 52.2 Å². The number of phenols is 1. The summed E-state index contributed by atoms with van der Waals surface area (Å²) in [5.41, 5.74) is 2.77. The second-order valence-electron chi connectivity index (χ2n) is 6.71. The Hall–Kier alpha value is -2.22. The number of carbonyl (C=O) groups is 1. The van der Waals surface area contributed by atoms with Crippen molar-refractivity contribution in [2.75, 3.05) is 18.4 Å². The molecule has 1 saturated heterocycles. The van der Waals surface area contributed by atoms with Gasteiger partial charge in [0.2, 0.25) is 5.91 Å². The van der Waals surface area contributed by atoms with Crippen molar-refractivity contribution < 1.29 is 9.90 Å². The van der Waals surface area contributed by atoms with E-state index in [-0.39, 0.29) is 17.6 Å². The maximum Gasteiger partial charge on any atom is 0.227 e. The van der Waals surface area contributed by atoms with Gasteiger partial charge >= 0.3 is 0 Å². The third-order valence-electron chi connectivity index (χ3n) is 4.83. The third kappa shape index (κ3) is 4.37. The van der Waals surface area contributed by atoms with Gasteiger partial charge in [0.1, 0.15) is 10.8 Å². The predicted octanol–water partition coefficient (Wildman–Crippen LogP) is 4.43. The number of thiazole rings is 1. The van der Waals surface area contributed by atoms with Gasteiger partial charge in [-0.15, -0.1) is 11.3 Å². The Morgan fingerprint density at radius 2 is 2.04 bits per heavy atom. The fraction of sp³-hybridized carbons (Fsp3) is 0.300. The van der Waals surface area contributed by atoms with Gasteiger partial charge in [0.25, 0.3) is 0 Å². The predicted molar refractivity (Wildman–Crippen MR) is 110 cm³/mol. The van der Waals surface area contributed by atoms with Crippen molar-refractivity contribution in [3.8, 4) is 16.3 Å². The molecule has 7 heteroatoms. The molecule has 0 atom stereocenters. The summed E-state index contributed by atoms with van der Waals surface area (Å²) in [7, 11) is 0. The van der Waals surface area contributed by atoms with Crippen LogP contribution in [0.3, 0.4) is 0 Å². The monoisotopic (exact) mass is 399 g/mol. The van der Waals surface area contributed by atoms with E-state index in [0.717, 1.165) is 43.2 Å². The van der Waals surface area contributed by atoms with Crippen molar-refractivity contribution in [2.24, 2.45) is 5.92 Å². The number of hydrogen-bond acceptors (Lipinski definition) is 6. The SMILES string of the molecule is O=C(Nc1ccccc1O)C1CCN(Cc2csc(-c3ccsc3)n2)CC1. The number of nitrogens with one attached hydrogen (secondary N) is 1. The molecular weight excluding hydrogens is 378 g/mol. The van der Waals surface area contributed by atoms with Crippen molar-refractivity contribution in [3.63, 3.8) is 0 Å². The van der Waals surface area contributed by atoms with Crippen LogP contribution in [-0.2, 0) is 11.3 Å². The molecule has 1 aromatic carbocycles. The number of phenolic OH excluding ortho intramolecular Hbond substituents is 1. The maximum absolute atomic E-state index is 12.5. The third-order valence-corrected chi connectivity index (χ3v) is 6.45. The summed E-state index contributed by atoms with van der Waals surface area (Å²) >= 11 is 3.37. The van der Waals surface area contributed by atoms with Gasteiger partial charge in [-0.2, -0.15) is 11.3 Å². The summed E-state index contributed by atoms with van der Waals surface area (Å²) in [6, 6.07) is 8.94. The van der Waals surface area contributed by atoms with E-state index in [4.69, 9.17) is 4.98 Å². The van der Waals surface area contributed by atoms with Crippen LogP contribution in [0, 0.1) is 5.92 Å². The van der Waals surface area contributed by atoms with Crippen molar-refractivity contribution in [2.45, 2.75) is 19.4 Å². The molecule has 0 aliphatic carbocycles. The van der Waals surface area contributed by atoms with Gasteiger partial charge < -0.3 is 10.4 Å². The van der Waals surface area contributed by atoms with Crippen LogP contribution in [0.5, 0.6) is 5.75 Å². The average molecular weight is 400 g/mol. The minimum atomic E-state index is -0.0161. The quantitative estimate of drug-likeness (QED) is 0.623. The zero-order valence-electron chi connectivity index (χ0n) is 14.8. The Kier molecular flexibility index (Phi) is 5.52.